The number of hydrogen-bond donors (Lipinski definition) is 0. The summed E-state index contributed by atoms with van der Waals surface area (Å²) in [5.41, 5.74) is 0. The second kappa shape index (κ2) is 25.4. The van der Waals surface area contributed by atoms with Gasteiger partial charge < -0.3 is 40.2 Å². The summed E-state index contributed by atoms with van der Waals surface area (Å²) in [5.74, 6) is 0. The largest absolute Gasteiger partial charge is 2.00 e. The van der Waals surface area contributed by atoms with Gasteiger partial charge in [-0.25, -0.2) is 0 Å². The summed E-state index contributed by atoms with van der Waals surface area (Å²) in [7, 11) is -5.34. The minimum atomic E-state index is -2.67. The van der Waals surface area contributed by atoms with Crippen LogP contribution in [0.1, 0.15) is 0 Å². The topological polar surface area (TPSA) is 157 Å². The van der Waals surface area contributed by atoms with E-state index >= 15 is 0 Å². The van der Waals surface area contributed by atoms with Gasteiger partial charge in [-0.15, -0.1) is 0 Å². The molecule has 0 aromatic heterocycles. The van der Waals surface area contributed by atoms with Gasteiger partial charge in [0.1, 0.15) is 0 Å². The summed E-state index contributed by atoms with van der Waals surface area (Å²) in [6.07, 6.45) is 0. The summed E-state index contributed by atoms with van der Waals surface area (Å²) in [4.78, 5) is 4.78. The van der Waals surface area contributed by atoms with Crippen LogP contribution in [0.5, 0.6) is 0 Å². The predicted octanol–water partition coefficient (Wildman–Crippen LogP) is -9.17. The standard InChI is InChI=1S/2BHO4.3Ba/c2*2-1(3)5-4;;;/h2*4H;;;/q2*-2;3*+2/p-2. The van der Waals surface area contributed by atoms with Gasteiger partial charge >= 0.3 is 147 Å². The van der Waals surface area contributed by atoms with E-state index in [0.29, 0.717) is 0 Å². The summed E-state index contributed by atoms with van der Waals surface area (Å²) < 4.78 is 0. The van der Waals surface area contributed by atoms with E-state index in [0.717, 1.165) is 0 Å². The molecule has 0 bridgehead atoms. The molecular formula is B2Ba3O8. The molecule has 0 aromatic rings. The maximum absolute atomic E-state index is 8.81. The first-order valence-electron chi connectivity index (χ1n) is 1.75. The first kappa shape index (κ1) is 30.5. The van der Waals surface area contributed by atoms with Crippen molar-refractivity contribution in [1.82, 2.24) is 0 Å². The van der Waals surface area contributed by atoms with Gasteiger partial charge in [-0.05, 0) is 0 Å². The van der Waals surface area contributed by atoms with Crippen LogP contribution >= 0.6 is 0 Å². The minimum absolute atomic E-state index is 0. The Morgan fingerprint density at radius 1 is 0.615 bits per heavy atom. The molecule has 0 aliphatic carbocycles. The Bertz CT molecular complexity index is 53.4. The third-order valence-corrected chi connectivity index (χ3v) is 0.157. The van der Waals surface area contributed by atoms with E-state index < -0.39 is 14.6 Å². The molecule has 0 aliphatic rings. The van der Waals surface area contributed by atoms with Crippen LogP contribution in [-0.2, 0) is 9.61 Å². The molecule has 0 saturated heterocycles. The normalized spacial score (nSPS) is 6.00. The maximum Gasteiger partial charge on any atom is 2.00 e. The van der Waals surface area contributed by atoms with E-state index in [-0.39, 0.29) is 147 Å². The van der Waals surface area contributed by atoms with Crippen molar-refractivity contribution in [3.8, 4) is 0 Å². The molecular weight excluding hydrogens is 562 g/mol. The van der Waals surface area contributed by atoms with Crippen molar-refractivity contribution in [2.75, 3.05) is 0 Å². The van der Waals surface area contributed by atoms with Crippen LogP contribution in [0.3, 0.4) is 0 Å². The van der Waals surface area contributed by atoms with Crippen LogP contribution < -0.4 is 30.6 Å². The van der Waals surface area contributed by atoms with Gasteiger partial charge in [0, 0.05) is 14.6 Å². The van der Waals surface area contributed by atoms with Crippen molar-refractivity contribution in [3.05, 3.63) is 0 Å². The molecule has 0 heterocycles. The molecule has 0 radical (unpaired) electrons. The van der Waals surface area contributed by atoms with Gasteiger partial charge in [0.15, 0.2) is 0 Å². The van der Waals surface area contributed by atoms with Crippen molar-refractivity contribution >= 4 is 161 Å². The van der Waals surface area contributed by atoms with E-state index in [2.05, 4.69) is 9.61 Å². The Morgan fingerprint density at radius 2 is 0.692 bits per heavy atom. The SMILES string of the molecule is [Ba+2].[Ba+2].[Ba+2].[O-]OB([O-])[O-].[O-]OB([O-])[O-]. The monoisotopic (exact) mass is 564 g/mol. The number of hydrogen-bond acceptors (Lipinski definition) is 8. The summed E-state index contributed by atoms with van der Waals surface area (Å²) in [5, 5.41) is 52.2. The van der Waals surface area contributed by atoms with Crippen LogP contribution in [0, 0.1) is 0 Å². The van der Waals surface area contributed by atoms with E-state index in [9.17, 15) is 0 Å². The van der Waals surface area contributed by atoms with E-state index in [4.69, 9.17) is 30.6 Å². The Hall–Kier alpha value is 4.52. The molecule has 0 aromatic carbocycles. The molecule has 0 unspecified atom stereocenters. The van der Waals surface area contributed by atoms with E-state index in [1.807, 2.05) is 0 Å². The molecule has 0 N–H and O–H groups in total. The molecule has 0 amide bonds. The Morgan fingerprint density at radius 3 is 0.692 bits per heavy atom. The molecule has 13 heavy (non-hydrogen) atoms. The Balaban J connectivity index is -0.0000000267. The van der Waals surface area contributed by atoms with Gasteiger partial charge in [0.2, 0.25) is 0 Å². The zero-order valence-electron chi connectivity index (χ0n) is 6.54. The fourth-order valence-corrected chi connectivity index (χ4v) is 0. The van der Waals surface area contributed by atoms with Gasteiger partial charge in [-0.2, -0.15) is 0 Å². The third kappa shape index (κ3) is 48.0. The predicted molar refractivity (Wildman–Crippen MR) is 30.9 cm³/mol. The van der Waals surface area contributed by atoms with Crippen LogP contribution in [-0.4, -0.2) is 161 Å². The van der Waals surface area contributed by atoms with Crippen LogP contribution in [0.25, 0.3) is 0 Å². The average molecular weight is 562 g/mol. The molecule has 0 fully saturated rings. The van der Waals surface area contributed by atoms with E-state index in [1.165, 1.54) is 0 Å². The second-order valence-corrected chi connectivity index (χ2v) is 0.770. The molecule has 13 heteroatoms. The minimum Gasteiger partial charge on any atom is -0.871 e. The fraction of sp³-hybridized carbons (Fsp3) is 0. The average Bonchev–Trinajstić information content (AvgIpc) is 1.89. The molecule has 0 saturated carbocycles. The maximum atomic E-state index is 8.81. The van der Waals surface area contributed by atoms with Crippen LogP contribution in [0.2, 0.25) is 0 Å². The van der Waals surface area contributed by atoms with Crippen molar-refractivity contribution < 1.29 is 40.2 Å². The summed E-state index contributed by atoms with van der Waals surface area (Å²) in [6.45, 7) is 0. The molecule has 60 valence electrons. The summed E-state index contributed by atoms with van der Waals surface area (Å²) >= 11 is 0. The van der Waals surface area contributed by atoms with Crippen molar-refractivity contribution in [2.24, 2.45) is 0 Å². The van der Waals surface area contributed by atoms with E-state index in [1.54, 1.807) is 0 Å². The van der Waals surface area contributed by atoms with Gasteiger partial charge in [-0.3, -0.25) is 0 Å². The van der Waals surface area contributed by atoms with Crippen molar-refractivity contribution in [1.29, 1.82) is 0 Å². The number of rotatable bonds is 2. The third-order valence-electron chi connectivity index (χ3n) is 0.157. The zero-order chi connectivity index (χ0) is 8.57. The smallest absolute Gasteiger partial charge is 0.871 e. The molecule has 0 atom stereocenters. The molecule has 0 rings (SSSR count). The first-order chi connectivity index (χ1) is 4.54. The Labute approximate surface area is 196 Å². The van der Waals surface area contributed by atoms with Gasteiger partial charge in [-0.1, -0.05) is 0 Å². The fourth-order valence-electron chi connectivity index (χ4n) is 0. The molecule has 8 nitrogen and oxygen atoms in total. The van der Waals surface area contributed by atoms with Crippen LogP contribution in [0.4, 0.5) is 0 Å². The quantitative estimate of drug-likeness (QED) is 0.183. The first-order valence-corrected chi connectivity index (χ1v) is 1.75. The summed E-state index contributed by atoms with van der Waals surface area (Å²) in [6, 6.07) is 0. The van der Waals surface area contributed by atoms with Gasteiger partial charge in [0.25, 0.3) is 0 Å². The molecule has 0 spiro atoms. The Kier molecular flexibility index (Phi) is 59.6. The second-order valence-electron chi connectivity index (χ2n) is 0.770. The molecule has 0 aliphatic heterocycles. The zero-order valence-corrected chi connectivity index (χ0v) is 19.9. The van der Waals surface area contributed by atoms with Crippen LogP contribution in [0.15, 0.2) is 0 Å². The van der Waals surface area contributed by atoms with Crippen molar-refractivity contribution in [3.63, 3.8) is 0 Å². The van der Waals surface area contributed by atoms with Gasteiger partial charge in [0.05, 0.1) is 0 Å². The van der Waals surface area contributed by atoms with Crippen molar-refractivity contribution in [2.45, 2.75) is 0 Å².